The zero-order valence-electron chi connectivity index (χ0n) is 10.7. The number of nitrogen functional groups attached to an aromatic ring is 1. The molecule has 19 heavy (non-hydrogen) atoms. The van der Waals surface area contributed by atoms with Crippen molar-refractivity contribution in [3.8, 4) is 0 Å². The Kier molecular flexibility index (Phi) is 5.16. The number of benzene rings is 1. The number of likely N-dealkylation sites (N-methyl/N-ethyl adjacent to an activating group) is 2. The number of nitrogens with one attached hydrogen (secondary N) is 1. The molecule has 1 rings (SSSR count). The minimum Gasteiger partial charge on any atom is -0.398 e. The second-order valence-electron chi connectivity index (χ2n) is 3.90. The molecule has 1 aromatic rings. The lowest BCUT2D eigenvalue weighted by molar-refractivity contribution is -0.121. The predicted molar refractivity (Wildman–Crippen MR) is 74.4 cm³/mol. The van der Waals surface area contributed by atoms with Crippen LogP contribution in [-0.4, -0.2) is 38.8 Å². The maximum Gasteiger partial charge on any atom is 0.245 e. The third kappa shape index (κ3) is 3.82. The number of nitrogens with zero attached hydrogens (tertiary/aromatic N) is 1. The van der Waals surface area contributed by atoms with E-state index in [2.05, 4.69) is 5.32 Å². The average molecular weight is 306 g/mol. The van der Waals surface area contributed by atoms with Crippen LogP contribution in [0.5, 0.6) is 0 Å². The van der Waals surface area contributed by atoms with E-state index in [0.29, 0.717) is 11.6 Å². The van der Waals surface area contributed by atoms with E-state index in [1.165, 1.54) is 25.2 Å². The van der Waals surface area contributed by atoms with Gasteiger partial charge >= 0.3 is 0 Å². The molecule has 8 heteroatoms. The van der Waals surface area contributed by atoms with Gasteiger partial charge in [0.15, 0.2) is 0 Å². The summed E-state index contributed by atoms with van der Waals surface area (Å²) >= 11 is 5.72. The maximum atomic E-state index is 12.2. The van der Waals surface area contributed by atoms with Crippen molar-refractivity contribution >= 4 is 33.2 Å². The number of sulfonamides is 1. The van der Waals surface area contributed by atoms with Crippen LogP contribution in [0.25, 0.3) is 0 Å². The molecule has 0 spiro atoms. The summed E-state index contributed by atoms with van der Waals surface area (Å²) in [6, 6.07) is 4.11. The number of carbonyl (C=O) groups is 1. The molecule has 1 aromatic carbocycles. The van der Waals surface area contributed by atoms with Gasteiger partial charge in [-0.3, -0.25) is 4.79 Å². The lowest BCUT2D eigenvalue weighted by Crippen LogP contribution is -2.38. The molecule has 0 aromatic heterocycles. The predicted octanol–water partition coefficient (Wildman–Crippen LogP) is 0.679. The first-order valence-electron chi connectivity index (χ1n) is 5.57. The van der Waals surface area contributed by atoms with Gasteiger partial charge in [-0.15, -0.1) is 0 Å². The zero-order valence-corrected chi connectivity index (χ0v) is 12.3. The monoisotopic (exact) mass is 305 g/mol. The van der Waals surface area contributed by atoms with E-state index in [9.17, 15) is 13.2 Å². The largest absolute Gasteiger partial charge is 0.398 e. The standard InChI is InChI=1S/C11H16ClN3O3S/c1-3-14-11(16)7-15(2)19(17,18)10-5-4-8(12)6-9(10)13/h4-6H,3,7,13H2,1-2H3,(H,14,16). The molecule has 0 radical (unpaired) electrons. The zero-order chi connectivity index (χ0) is 14.6. The number of amides is 1. The van der Waals surface area contributed by atoms with Gasteiger partial charge in [-0.2, -0.15) is 4.31 Å². The number of hydrogen-bond donors (Lipinski definition) is 2. The fourth-order valence-electron chi connectivity index (χ4n) is 1.46. The summed E-state index contributed by atoms with van der Waals surface area (Å²) in [6.45, 7) is 1.93. The molecule has 106 valence electrons. The molecule has 3 N–H and O–H groups in total. The molecule has 6 nitrogen and oxygen atoms in total. The Morgan fingerprint density at radius 3 is 2.63 bits per heavy atom. The van der Waals surface area contributed by atoms with Crippen LogP contribution in [-0.2, 0) is 14.8 Å². The van der Waals surface area contributed by atoms with Gasteiger partial charge < -0.3 is 11.1 Å². The fourth-order valence-corrected chi connectivity index (χ4v) is 2.86. The number of rotatable bonds is 5. The quantitative estimate of drug-likeness (QED) is 0.782. The van der Waals surface area contributed by atoms with Crippen LogP contribution in [0.1, 0.15) is 6.92 Å². The second-order valence-corrected chi connectivity index (χ2v) is 6.35. The van der Waals surface area contributed by atoms with Crippen molar-refractivity contribution in [2.75, 3.05) is 25.9 Å². The highest BCUT2D eigenvalue weighted by atomic mass is 35.5. The van der Waals surface area contributed by atoms with Crippen molar-refractivity contribution in [1.29, 1.82) is 0 Å². The van der Waals surface area contributed by atoms with Crippen molar-refractivity contribution < 1.29 is 13.2 Å². The Labute approximate surface area is 117 Å². The summed E-state index contributed by atoms with van der Waals surface area (Å²) in [5, 5.41) is 2.88. The highest BCUT2D eigenvalue weighted by molar-refractivity contribution is 7.89. The number of hydrogen-bond acceptors (Lipinski definition) is 4. The summed E-state index contributed by atoms with van der Waals surface area (Å²) in [5.41, 5.74) is 5.70. The Balaban J connectivity index is 3.00. The van der Waals surface area contributed by atoms with E-state index < -0.39 is 10.0 Å². The number of halogens is 1. The summed E-state index contributed by atoms with van der Waals surface area (Å²) < 4.78 is 25.4. The van der Waals surface area contributed by atoms with Crippen LogP contribution in [0.15, 0.2) is 23.1 Å². The average Bonchev–Trinajstić information content (AvgIpc) is 2.28. The highest BCUT2D eigenvalue weighted by Crippen LogP contribution is 2.24. The normalized spacial score (nSPS) is 11.6. The first-order valence-corrected chi connectivity index (χ1v) is 7.39. The van der Waals surface area contributed by atoms with Gasteiger partial charge in [0.25, 0.3) is 0 Å². The summed E-state index contributed by atoms with van der Waals surface area (Å²) in [7, 11) is -2.49. The van der Waals surface area contributed by atoms with Crippen molar-refractivity contribution in [1.82, 2.24) is 9.62 Å². The van der Waals surface area contributed by atoms with E-state index >= 15 is 0 Å². The summed E-state index contributed by atoms with van der Waals surface area (Å²) in [6.07, 6.45) is 0. The van der Waals surface area contributed by atoms with Crippen LogP contribution in [0.2, 0.25) is 5.02 Å². The van der Waals surface area contributed by atoms with Gasteiger partial charge in [0.1, 0.15) is 4.90 Å². The number of nitrogens with two attached hydrogens (primary N) is 1. The van der Waals surface area contributed by atoms with E-state index in [0.717, 1.165) is 4.31 Å². The van der Waals surface area contributed by atoms with Gasteiger partial charge in [-0.05, 0) is 25.1 Å². The Hall–Kier alpha value is -1.31. The highest BCUT2D eigenvalue weighted by Gasteiger charge is 2.24. The van der Waals surface area contributed by atoms with E-state index in [4.69, 9.17) is 17.3 Å². The van der Waals surface area contributed by atoms with Gasteiger partial charge in [0.05, 0.1) is 12.2 Å². The van der Waals surface area contributed by atoms with Crippen molar-refractivity contribution in [3.05, 3.63) is 23.2 Å². The van der Waals surface area contributed by atoms with Gasteiger partial charge in [0, 0.05) is 18.6 Å². The number of anilines is 1. The molecule has 0 unspecified atom stereocenters. The molecule has 1 amide bonds. The van der Waals surface area contributed by atoms with E-state index in [1.807, 2.05) is 0 Å². The molecule has 0 fully saturated rings. The van der Waals surface area contributed by atoms with Gasteiger partial charge in [-0.1, -0.05) is 11.6 Å². The van der Waals surface area contributed by atoms with Crippen molar-refractivity contribution in [2.24, 2.45) is 0 Å². The van der Waals surface area contributed by atoms with E-state index in [-0.39, 0.29) is 23.0 Å². The van der Waals surface area contributed by atoms with Crippen LogP contribution >= 0.6 is 11.6 Å². The number of carbonyl (C=O) groups excluding carboxylic acids is 1. The Bertz CT molecular complexity index is 575. The SMILES string of the molecule is CCNC(=O)CN(C)S(=O)(=O)c1ccc(Cl)cc1N. The van der Waals surface area contributed by atoms with Gasteiger partial charge in [0.2, 0.25) is 15.9 Å². The molecule has 0 aliphatic rings. The fraction of sp³-hybridized carbons (Fsp3) is 0.364. The van der Waals surface area contributed by atoms with Crippen LogP contribution < -0.4 is 11.1 Å². The molecular formula is C11H16ClN3O3S. The minimum atomic E-state index is -3.81. The molecule has 0 atom stereocenters. The smallest absolute Gasteiger partial charge is 0.245 e. The lowest BCUT2D eigenvalue weighted by atomic mass is 10.3. The molecule has 0 saturated heterocycles. The van der Waals surface area contributed by atoms with Crippen LogP contribution in [0, 0.1) is 0 Å². The molecule has 0 aliphatic heterocycles. The van der Waals surface area contributed by atoms with Crippen molar-refractivity contribution in [3.63, 3.8) is 0 Å². The first-order chi connectivity index (χ1) is 8.78. The lowest BCUT2D eigenvalue weighted by Gasteiger charge is -2.17. The molecule has 0 bridgehead atoms. The summed E-state index contributed by atoms with van der Waals surface area (Å²) in [5.74, 6) is -0.374. The third-order valence-electron chi connectivity index (χ3n) is 2.40. The molecule has 0 heterocycles. The Morgan fingerprint density at radius 2 is 2.11 bits per heavy atom. The van der Waals surface area contributed by atoms with Crippen LogP contribution in [0.4, 0.5) is 5.69 Å². The van der Waals surface area contributed by atoms with Gasteiger partial charge in [-0.25, -0.2) is 8.42 Å². The Morgan fingerprint density at radius 1 is 1.47 bits per heavy atom. The third-order valence-corrected chi connectivity index (χ3v) is 4.51. The first kappa shape index (κ1) is 15.7. The van der Waals surface area contributed by atoms with Crippen molar-refractivity contribution in [2.45, 2.75) is 11.8 Å². The van der Waals surface area contributed by atoms with E-state index in [1.54, 1.807) is 6.92 Å². The topological polar surface area (TPSA) is 92.5 Å². The maximum absolute atomic E-state index is 12.2. The minimum absolute atomic E-state index is 0.0512. The van der Waals surface area contributed by atoms with Crippen LogP contribution in [0.3, 0.4) is 0 Å². The summed E-state index contributed by atoms with van der Waals surface area (Å²) in [4.78, 5) is 11.3. The molecular weight excluding hydrogens is 290 g/mol. The second kappa shape index (κ2) is 6.23. The molecule has 0 saturated carbocycles. The molecule has 0 aliphatic carbocycles.